The standard InChI is InChI=1S/C14H15N3O3S/c1-14(2,12(19)20)8-10(18)15-13-17-16-11(21-13)9-6-4-3-5-7-9/h3-7H,8H2,1-2H3,(H,19,20)(H,15,17,18). The summed E-state index contributed by atoms with van der Waals surface area (Å²) in [5, 5.41) is 20.6. The van der Waals surface area contributed by atoms with Crippen molar-refractivity contribution in [3.63, 3.8) is 0 Å². The Balaban J connectivity index is 2.03. The molecule has 2 rings (SSSR count). The number of hydrogen-bond acceptors (Lipinski definition) is 5. The average molecular weight is 305 g/mol. The predicted molar refractivity (Wildman–Crippen MR) is 80.0 cm³/mol. The van der Waals surface area contributed by atoms with E-state index in [0.29, 0.717) is 10.1 Å². The summed E-state index contributed by atoms with van der Waals surface area (Å²) in [4.78, 5) is 22.8. The number of carbonyl (C=O) groups is 2. The highest BCUT2D eigenvalue weighted by atomic mass is 32.1. The van der Waals surface area contributed by atoms with Gasteiger partial charge in [-0.25, -0.2) is 0 Å². The lowest BCUT2D eigenvalue weighted by atomic mass is 9.89. The van der Waals surface area contributed by atoms with Crippen molar-refractivity contribution in [1.29, 1.82) is 0 Å². The van der Waals surface area contributed by atoms with Gasteiger partial charge in [0.05, 0.1) is 5.41 Å². The molecule has 0 bridgehead atoms. The number of carbonyl (C=O) groups excluding carboxylic acids is 1. The van der Waals surface area contributed by atoms with Gasteiger partial charge in [0.15, 0.2) is 0 Å². The molecular formula is C14H15N3O3S. The summed E-state index contributed by atoms with van der Waals surface area (Å²) in [7, 11) is 0. The van der Waals surface area contributed by atoms with Gasteiger partial charge in [-0.1, -0.05) is 41.7 Å². The number of amides is 1. The van der Waals surface area contributed by atoms with Gasteiger partial charge in [0.1, 0.15) is 5.01 Å². The maximum Gasteiger partial charge on any atom is 0.309 e. The molecule has 0 aliphatic heterocycles. The first kappa shape index (κ1) is 15.1. The molecule has 1 aromatic heterocycles. The van der Waals surface area contributed by atoms with Gasteiger partial charge in [-0.05, 0) is 13.8 Å². The minimum Gasteiger partial charge on any atom is -0.481 e. The normalized spacial score (nSPS) is 11.1. The molecule has 2 aromatic rings. The van der Waals surface area contributed by atoms with E-state index in [1.165, 1.54) is 25.2 Å². The fourth-order valence-corrected chi connectivity index (χ4v) is 2.38. The molecule has 2 N–H and O–H groups in total. The minimum absolute atomic E-state index is 0.122. The molecule has 0 atom stereocenters. The SMILES string of the molecule is CC(C)(CC(=O)Nc1nnc(-c2ccccc2)s1)C(=O)O. The third-order valence-corrected chi connectivity index (χ3v) is 3.76. The van der Waals surface area contributed by atoms with Crippen LogP contribution in [0, 0.1) is 5.41 Å². The van der Waals surface area contributed by atoms with E-state index in [-0.39, 0.29) is 6.42 Å². The molecule has 1 heterocycles. The Kier molecular flexibility index (Phi) is 4.32. The van der Waals surface area contributed by atoms with Crippen molar-refractivity contribution in [3.05, 3.63) is 30.3 Å². The van der Waals surface area contributed by atoms with Crippen molar-refractivity contribution in [3.8, 4) is 10.6 Å². The van der Waals surface area contributed by atoms with Gasteiger partial charge >= 0.3 is 5.97 Å². The molecule has 110 valence electrons. The summed E-state index contributed by atoms with van der Waals surface area (Å²) < 4.78 is 0. The molecule has 0 radical (unpaired) electrons. The molecule has 0 spiro atoms. The third kappa shape index (κ3) is 3.85. The van der Waals surface area contributed by atoms with E-state index in [1.807, 2.05) is 30.3 Å². The zero-order valence-electron chi connectivity index (χ0n) is 11.7. The summed E-state index contributed by atoms with van der Waals surface area (Å²) in [5.74, 6) is -1.40. The van der Waals surface area contributed by atoms with Crippen molar-refractivity contribution >= 4 is 28.3 Å². The highest BCUT2D eigenvalue weighted by Gasteiger charge is 2.30. The number of carboxylic acids is 1. The maximum absolute atomic E-state index is 11.8. The molecule has 6 nitrogen and oxygen atoms in total. The van der Waals surface area contributed by atoms with Crippen molar-refractivity contribution in [2.24, 2.45) is 5.41 Å². The van der Waals surface area contributed by atoms with E-state index in [2.05, 4.69) is 15.5 Å². The van der Waals surface area contributed by atoms with E-state index < -0.39 is 17.3 Å². The fraction of sp³-hybridized carbons (Fsp3) is 0.286. The molecule has 0 saturated heterocycles. The highest BCUT2D eigenvalue weighted by molar-refractivity contribution is 7.18. The van der Waals surface area contributed by atoms with Crippen LogP contribution in [0.3, 0.4) is 0 Å². The van der Waals surface area contributed by atoms with Crippen LogP contribution in [0.5, 0.6) is 0 Å². The summed E-state index contributed by atoms with van der Waals surface area (Å²) in [5.41, 5.74) is -0.196. The number of hydrogen-bond donors (Lipinski definition) is 2. The van der Waals surface area contributed by atoms with Crippen LogP contribution >= 0.6 is 11.3 Å². The Morgan fingerprint density at radius 1 is 1.24 bits per heavy atom. The molecule has 0 aliphatic rings. The van der Waals surface area contributed by atoms with Gasteiger partial charge in [0, 0.05) is 12.0 Å². The number of carboxylic acid groups (broad SMARTS) is 1. The van der Waals surface area contributed by atoms with Crippen molar-refractivity contribution in [2.45, 2.75) is 20.3 Å². The van der Waals surface area contributed by atoms with E-state index in [4.69, 9.17) is 5.11 Å². The zero-order chi connectivity index (χ0) is 15.5. The van der Waals surface area contributed by atoms with Crippen LogP contribution < -0.4 is 5.32 Å². The van der Waals surface area contributed by atoms with Crippen molar-refractivity contribution in [2.75, 3.05) is 5.32 Å². The number of nitrogens with one attached hydrogen (secondary N) is 1. The second-order valence-electron chi connectivity index (χ2n) is 5.19. The first-order valence-electron chi connectivity index (χ1n) is 6.31. The minimum atomic E-state index is -1.11. The number of anilines is 1. The van der Waals surface area contributed by atoms with Gasteiger partial charge in [-0.15, -0.1) is 10.2 Å². The quantitative estimate of drug-likeness (QED) is 0.886. The van der Waals surface area contributed by atoms with Gasteiger partial charge in [0.2, 0.25) is 11.0 Å². The largest absolute Gasteiger partial charge is 0.481 e. The number of rotatable bonds is 5. The summed E-state index contributed by atoms with van der Waals surface area (Å²) >= 11 is 1.25. The van der Waals surface area contributed by atoms with Gasteiger partial charge in [-0.3, -0.25) is 9.59 Å². The lowest BCUT2D eigenvalue weighted by molar-refractivity contribution is -0.148. The van der Waals surface area contributed by atoms with E-state index in [9.17, 15) is 9.59 Å². The summed E-state index contributed by atoms with van der Waals surface area (Å²) in [6.07, 6.45) is -0.122. The van der Waals surface area contributed by atoms with E-state index in [1.54, 1.807) is 0 Å². The van der Waals surface area contributed by atoms with Crippen LogP contribution in [0.25, 0.3) is 10.6 Å². The molecule has 0 unspecified atom stereocenters. The lowest BCUT2D eigenvalue weighted by Crippen LogP contribution is -2.29. The van der Waals surface area contributed by atoms with E-state index in [0.717, 1.165) is 5.56 Å². The Morgan fingerprint density at radius 2 is 1.90 bits per heavy atom. The first-order valence-corrected chi connectivity index (χ1v) is 7.12. The monoisotopic (exact) mass is 305 g/mol. The topological polar surface area (TPSA) is 92.2 Å². The van der Waals surface area contributed by atoms with Gasteiger partial charge in [0.25, 0.3) is 0 Å². The number of benzene rings is 1. The second-order valence-corrected chi connectivity index (χ2v) is 6.17. The Morgan fingerprint density at radius 3 is 2.52 bits per heavy atom. The zero-order valence-corrected chi connectivity index (χ0v) is 12.5. The Labute approximate surface area is 125 Å². The fourth-order valence-electron chi connectivity index (χ4n) is 1.61. The lowest BCUT2D eigenvalue weighted by Gasteiger charge is -2.17. The summed E-state index contributed by atoms with van der Waals surface area (Å²) in [6, 6.07) is 9.50. The van der Waals surface area contributed by atoms with Gasteiger partial charge in [-0.2, -0.15) is 0 Å². The molecule has 1 aromatic carbocycles. The van der Waals surface area contributed by atoms with Crippen molar-refractivity contribution in [1.82, 2.24) is 10.2 Å². The van der Waals surface area contributed by atoms with Crippen molar-refractivity contribution < 1.29 is 14.7 Å². The Hall–Kier alpha value is -2.28. The smallest absolute Gasteiger partial charge is 0.309 e. The molecule has 0 saturated carbocycles. The second kappa shape index (κ2) is 6.01. The van der Waals surface area contributed by atoms with Crippen LogP contribution in [0.2, 0.25) is 0 Å². The van der Waals surface area contributed by atoms with Gasteiger partial charge < -0.3 is 10.4 Å². The number of nitrogens with zero attached hydrogens (tertiary/aromatic N) is 2. The van der Waals surface area contributed by atoms with E-state index >= 15 is 0 Å². The van der Waals surface area contributed by atoms with Crippen LogP contribution in [-0.2, 0) is 9.59 Å². The molecule has 0 aliphatic carbocycles. The molecule has 0 fully saturated rings. The first-order chi connectivity index (χ1) is 9.88. The van der Waals surface area contributed by atoms with Crippen LogP contribution in [0.15, 0.2) is 30.3 Å². The highest BCUT2D eigenvalue weighted by Crippen LogP contribution is 2.27. The molecule has 7 heteroatoms. The molecular weight excluding hydrogens is 290 g/mol. The number of aromatic nitrogens is 2. The summed E-state index contributed by atoms with van der Waals surface area (Å²) in [6.45, 7) is 3.01. The Bertz CT molecular complexity index is 652. The predicted octanol–water partition coefficient (Wildman–Crippen LogP) is 2.64. The van der Waals surface area contributed by atoms with Crippen LogP contribution in [0.1, 0.15) is 20.3 Å². The number of aliphatic carboxylic acids is 1. The third-order valence-electron chi connectivity index (χ3n) is 2.87. The van der Waals surface area contributed by atoms with Crippen LogP contribution in [0.4, 0.5) is 5.13 Å². The average Bonchev–Trinajstić information content (AvgIpc) is 2.87. The van der Waals surface area contributed by atoms with Crippen LogP contribution in [-0.4, -0.2) is 27.2 Å². The molecule has 1 amide bonds. The molecule has 21 heavy (non-hydrogen) atoms. The maximum atomic E-state index is 11.8.